The summed E-state index contributed by atoms with van der Waals surface area (Å²) in [5.74, 6) is -1.54. The number of hydrogen-bond acceptors (Lipinski definition) is 3. The van der Waals surface area contributed by atoms with Crippen LogP contribution in [0.5, 0.6) is 5.75 Å². The van der Waals surface area contributed by atoms with Gasteiger partial charge in [0.2, 0.25) is 0 Å². The second-order valence-electron chi connectivity index (χ2n) is 6.27. The quantitative estimate of drug-likeness (QED) is 0.780. The molecule has 1 amide bonds. The molecule has 3 rings (SSSR count). The van der Waals surface area contributed by atoms with E-state index in [2.05, 4.69) is 5.32 Å². The maximum absolute atomic E-state index is 12.5. The summed E-state index contributed by atoms with van der Waals surface area (Å²) in [6, 6.07) is 13.9. The van der Waals surface area contributed by atoms with Crippen LogP contribution in [-0.2, 0) is 9.59 Å². The summed E-state index contributed by atoms with van der Waals surface area (Å²) in [5, 5.41) is 13.0. The number of aliphatic carboxylic acids is 1. The highest BCUT2D eigenvalue weighted by atomic mass is 35.5. The number of benzene rings is 2. The van der Waals surface area contributed by atoms with Crippen LogP contribution < -0.4 is 10.1 Å². The van der Waals surface area contributed by atoms with Crippen molar-refractivity contribution in [3.8, 4) is 5.75 Å². The molecule has 1 saturated carbocycles. The molecule has 2 aromatic carbocycles. The molecule has 3 unspecified atom stereocenters. The lowest BCUT2D eigenvalue weighted by atomic mass is 10.1. The molecular weight excluding hydrogens is 377 g/mol. The van der Waals surface area contributed by atoms with Crippen LogP contribution >= 0.6 is 23.2 Å². The van der Waals surface area contributed by atoms with Crippen LogP contribution in [0.1, 0.15) is 24.8 Å². The van der Waals surface area contributed by atoms with Gasteiger partial charge in [0.25, 0.3) is 5.91 Å². The van der Waals surface area contributed by atoms with Crippen LogP contribution in [0.3, 0.4) is 0 Å². The van der Waals surface area contributed by atoms with E-state index in [1.165, 1.54) is 13.0 Å². The minimum atomic E-state index is -1.31. The molecule has 1 fully saturated rings. The average Bonchev–Trinajstić information content (AvgIpc) is 3.33. The predicted octanol–water partition coefficient (Wildman–Crippen LogP) is 3.89. The molecule has 2 N–H and O–H groups in total. The van der Waals surface area contributed by atoms with Gasteiger partial charge < -0.3 is 15.2 Å². The summed E-state index contributed by atoms with van der Waals surface area (Å²) >= 11 is 11.9. The summed E-state index contributed by atoms with van der Waals surface area (Å²) in [7, 11) is 0. The SMILES string of the molecule is CC(Oc1ccc(Cl)cc1Cl)C(=O)NC1(C(=O)O)CC1c1ccccc1. The Kier molecular flexibility index (Phi) is 5.12. The van der Waals surface area contributed by atoms with Crippen LogP contribution in [0.2, 0.25) is 10.0 Å². The Morgan fingerprint density at radius 1 is 1.23 bits per heavy atom. The molecule has 5 nitrogen and oxygen atoms in total. The minimum absolute atomic E-state index is 0.267. The van der Waals surface area contributed by atoms with E-state index in [0.29, 0.717) is 17.2 Å². The molecule has 26 heavy (non-hydrogen) atoms. The first-order valence-corrected chi connectivity index (χ1v) is 8.81. The van der Waals surface area contributed by atoms with E-state index in [9.17, 15) is 14.7 Å². The van der Waals surface area contributed by atoms with E-state index >= 15 is 0 Å². The molecule has 7 heteroatoms. The van der Waals surface area contributed by atoms with Gasteiger partial charge in [0.1, 0.15) is 11.3 Å². The number of carboxylic acid groups (broad SMARTS) is 1. The van der Waals surface area contributed by atoms with E-state index in [0.717, 1.165) is 5.56 Å². The second kappa shape index (κ2) is 7.17. The van der Waals surface area contributed by atoms with Gasteiger partial charge in [-0.3, -0.25) is 4.79 Å². The Bertz CT molecular complexity index is 843. The molecule has 0 spiro atoms. The van der Waals surface area contributed by atoms with Crippen molar-refractivity contribution in [3.63, 3.8) is 0 Å². The molecule has 0 aromatic heterocycles. The van der Waals surface area contributed by atoms with Gasteiger partial charge in [-0.1, -0.05) is 53.5 Å². The van der Waals surface area contributed by atoms with E-state index in [1.54, 1.807) is 12.1 Å². The number of nitrogens with one attached hydrogen (secondary N) is 1. The molecule has 0 heterocycles. The van der Waals surface area contributed by atoms with Gasteiger partial charge in [0, 0.05) is 10.9 Å². The predicted molar refractivity (Wildman–Crippen MR) is 98.9 cm³/mol. The van der Waals surface area contributed by atoms with E-state index in [1.807, 2.05) is 30.3 Å². The van der Waals surface area contributed by atoms with Gasteiger partial charge in [-0.25, -0.2) is 4.79 Å². The molecular formula is C19H17Cl2NO4. The average molecular weight is 394 g/mol. The summed E-state index contributed by atoms with van der Waals surface area (Å²) in [6.07, 6.45) is -0.575. The standard InChI is InChI=1S/C19H17Cl2NO4/c1-11(26-16-8-7-13(20)9-15(16)21)17(23)22-19(18(24)25)10-14(19)12-5-3-2-4-6-12/h2-9,11,14H,10H2,1H3,(H,22,23)(H,24,25). The summed E-state index contributed by atoms with van der Waals surface area (Å²) in [5.41, 5.74) is -0.427. The van der Waals surface area contributed by atoms with Crippen molar-refractivity contribution in [3.05, 3.63) is 64.1 Å². The highest BCUT2D eigenvalue weighted by Gasteiger charge is 2.62. The van der Waals surface area contributed by atoms with Gasteiger partial charge in [0.15, 0.2) is 6.10 Å². The third-order valence-corrected chi connectivity index (χ3v) is 4.99. The normalized spacial score (nSPS) is 22.3. The number of hydrogen-bond donors (Lipinski definition) is 2. The topological polar surface area (TPSA) is 75.6 Å². The number of carbonyl (C=O) groups excluding carboxylic acids is 1. The second-order valence-corrected chi connectivity index (χ2v) is 7.11. The van der Waals surface area contributed by atoms with Gasteiger partial charge >= 0.3 is 5.97 Å². The molecule has 0 radical (unpaired) electrons. The molecule has 3 atom stereocenters. The monoisotopic (exact) mass is 393 g/mol. The Morgan fingerprint density at radius 2 is 1.92 bits per heavy atom. The number of halogens is 2. The molecule has 136 valence electrons. The highest BCUT2D eigenvalue weighted by molar-refractivity contribution is 6.35. The smallest absolute Gasteiger partial charge is 0.330 e. The maximum Gasteiger partial charge on any atom is 0.330 e. The lowest BCUT2D eigenvalue weighted by molar-refractivity contribution is -0.144. The molecule has 1 aliphatic carbocycles. The number of carbonyl (C=O) groups is 2. The van der Waals surface area contributed by atoms with E-state index < -0.39 is 23.5 Å². The van der Waals surface area contributed by atoms with Crippen molar-refractivity contribution in [2.75, 3.05) is 0 Å². The van der Waals surface area contributed by atoms with Crippen LogP contribution in [0, 0.1) is 0 Å². The molecule has 0 bridgehead atoms. The Morgan fingerprint density at radius 3 is 2.54 bits per heavy atom. The molecule has 1 aliphatic rings. The Labute approximate surface area is 160 Å². The van der Waals surface area contributed by atoms with Crippen molar-refractivity contribution in [2.45, 2.75) is 30.9 Å². The number of carboxylic acids is 1. The highest BCUT2D eigenvalue weighted by Crippen LogP contribution is 2.51. The van der Waals surface area contributed by atoms with Gasteiger partial charge in [-0.05, 0) is 37.1 Å². The Hall–Kier alpha value is -2.24. The fraction of sp³-hybridized carbons (Fsp3) is 0.263. The lowest BCUT2D eigenvalue weighted by Crippen LogP contribution is -2.49. The van der Waals surface area contributed by atoms with E-state index in [4.69, 9.17) is 27.9 Å². The van der Waals surface area contributed by atoms with Crippen molar-refractivity contribution >= 4 is 35.1 Å². The lowest BCUT2D eigenvalue weighted by Gasteiger charge is -2.20. The Balaban J connectivity index is 1.70. The number of rotatable bonds is 6. The summed E-state index contributed by atoms with van der Waals surface area (Å²) in [6.45, 7) is 1.54. The zero-order valence-electron chi connectivity index (χ0n) is 13.9. The van der Waals surface area contributed by atoms with Crippen molar-refractivity contribution < 1.29 is 19.4 Å². The number of ether oxygens (including phenoxy) is 1. The molecule has 2 aromatic rings. The van der Waals surface area contributed by atoms with Crippen LogP contribution in [0.25, 0.3) is 0 Å². The van der Waals surface area contributed by atoms with Crippen LogP contribution in [0.4, 0.5) is 0 Å². The van der Waals surface area contributed by atoms with Crippen molar-refractivity contribution in [1.29, 1.82) is 0 Å². The van der Waals surface area contributed by atoms with Gasteiger partial charge in [-0.2, -0.15) is 0 Å². The minimum Gasteiger partial charge on any atom is -0.479 e. The van der Waals surface area contributed by atoms with Crippen LogP contribution in [0.15, 0.2) is 48.5 Å². The third kappa shape index (κ3) is 3.64. The zero-order chi connectivity index (χ0) is 18.9. The zero-order valence-corrected chi connectivity index (χ0v) is 15.4. The molecule has 0 saturated heterocycles. The van der Waals surface area contributed by atoms with Crippen LogP contribution in [-0.4, -0.2) is 28.6 Å². The van der Waals surface area contributed by atoms with Gasteiger partial charge in [0.05, 0.1) is 5.02 Å². The number of amides is 1. The first-order valence-electron chi connectivity index (χ1n) is 8.05. The maximum atomic E-state index is 12.5. The largest absolute Gasteiger partial charge is 0.479 e. The summed E-state index contributed by atoms with van der Waals surface area (Å²) in [4.78, 5) is 24.3. The first kappa shape index (κ1) is 18.5. The fourth-order valence-corrected chi connectivity index (χ4v) is 3.37. The third-order valence-electron chi connectivity index (χ3n) is 4.46. The van der Waals surface area contributed by atoms with E-state index in [-0.39, 0.29) is 10.9 Å². The first-order chi connectivity index (χ1) is 12.3. The van der Waals surface area contributed by atoms with Gasteiger partial charge in [-0.15, -0.1) is 0 Å². The van der Waals surface area contributed by atoms with Crippen molar-refractivity contribution in [1.82, 2.24) is 5.32 Å². The molecule has 0 aliphatic heterocycles. The summed E-state index contributed by atoms with van der Waals surface area (Å²) < 4.78 is 5.56. The fourth-order valence-electron chi connectivity index (χ4n) is 2.91. The van der Waals surface area contributed by atoms with Crippen molar-refractivity contribution in [2.24, 2.45) is 0 Å².